The van der Waals surface area contributed by atoms with E-state index in [0.717, 1.165) is 12.0 Å². The van der Waals surface area contributed by atoms with E-state index in [1.165, 1.54) is 5.56 Å². The number of aromatic carboxylic acids is 1. The lowest BCUT2D eigenvalue weighted by atomic mass is 9.99. The molecule has 3 rings (SSSR count). The predicted octanol–water partition coefficient (Wildman–Crippen LogP) is 3.46. The second-order valence-electron chi connectivity index (χ2n) is 6.15. The average molecular weight is 304 g/mol. The van der Waals surface area contributed by atoms with Gasteiger partial charge >= 0.3 is 0 Å². The third-order valence-electron chi connectivity index (χ3n) is 3.83. The van der Waals surface area contributed by atoms with Crippen molar-refractivity contribution in [3.63, 3.8) is 0 Å². The molecule has 0 aliphatic rings. The monoisotopic (exact) mass is 304 g/mol. The molecule has 0 saturated heterocycles. The van der Waals surface area contributed by atoms with Gasteiger partial charge in [0.2, 0.25) is 0 Å². The first kappa shape index (κ1) is 15.2. The smallest absolute Gasteiger partial charge is 0.0722 e. The fourth-order valence-electron chi connectivity index (χ4n) is 2.78. The van der Waals surface area contributed by atoms with Gasteiger partial charge in [0, 0.05) is 16.5 Å². The fourth-order valence-corrected chi connectivity index (χ4v) is 2.78. The number of carbonyl (C=O) groups excluding carboxylic acids is 1. The summed E-state index contributed by atoms with van der Waals surface area (Å²) in [6, 6.07) is 17.0. The van der Waals surface area contributed by atoms with E-state index in [0.29, 0.717) is 22.5 Å². The van der Waals surface area contributed by atoms with Crippen LogP contribution in [0, 0.1) is 5.92 Å². The van der Waals surface area contributed by atoms with E-state index < -0.39 is 5.97 Å². The van der Waals surface area contributed by atoms with Crippen molar-refractivity contribution in [3.8, 4) is 11.3 Å². The zero-order valence-electron chi connectivity index (χ0n) is 13.2. The van der Waals surface area contributed by atoms with Gasteiger partial charge in [-0.05, 0) is 30.0 Å². The molecule has 0 radical (unpaired) electrons. The number of fused-ring (bicyclic) bond motifs is 1. The lowest BCUT2D eigenvalue weighted by Gasteiger charge is -2.11. The topological polar surface area (TPSA) is 53.0 Å². The van der Waals surface area contributed by atoms with Crippen molar-refractivity contribution in [1.82, 2.24) is 4.98 Å². The summed E-state index contributed by atoms with van der Waals surface area (Å²) in [5.41, 5.74) is 3.67. The fraction of sp³-hybridized carbons (Fsp3) is 0.200. The van der Waals surface area contributed by atoms with Gasteiger partial charge in [0.25, 0.3) is 0 Å². The van der Waals surface area contributed by atoms with Gasteiger partial charge in [0.15, 0.2) is 0 Å². The number of benzene rings is 2. The van der Waals surface area contributed by atoms with Crippen LogP contribution < -0.4 is 5.11 Å². The molecule has 0 spiro atoms. The Kier molecular flexibility index (Phi) is 4.11. The van der Waals surface area contributed by atoms with E-state index in [4.69, 9.17) is 0 Å². The molecule has 0 unspecified atom stereocenters. The van der Waals surface area contributed by atoms with Crippen LogP contribution in [0.4, 0.5) is 0 Å². The normalized spacial score (nSPS) is 11.1. The van der Waals surface area contributed by atoms with Crippen molar-refractivity contribution in [2.24, 2.45) is 5.92 Å². The van der Waals surface area contributed by atoms with Gasteiger partial charge in [0.1, 0.15) is 0 Å². The number of hydrogen-bond donors (Lipinski definition) is 0. The third kappa shape index (κ3) is 3.24. The van der Waals surface area contributed by atoms with Crippen LogP contribution >= 0.6 is 0 Å². The molecule has 0 aliphatic heterocycles. The van der Waals surface area contributed by atoms with Crippen molar-refractivity contribution in [3.05, 3.63) is 65.7 Å². The Morgan fingerprint density at radius 2 is 1.78 bits per heavy atom. The molecule has 0 aliphatic carbocycles. The predicted molar refractivity (Wildman–Crippen MR) is 90.1 cm³/mol. The highest BCUT2D eigenvalue weighted by Gasteiger charge is 2.08. The van der Waals surface area contributed by atoms with E-state index in [-0.39, 0.29) is 5.56 Å². The van der Waals surface area contributed by atoms with Crippen molar-refractivity contribution in [1.29, 1.82) is 0 Å². The maximum atomic E-state index is 11.4. The van der Waals surface area contributed by atoms with Crippen molar-refractivity contribution in [2.75, 3.05) is 0 Å². The molecule has 23 heavy (non-hydrogen) atoms. The number of aromatic nitrogens is 1. The van der Waals surface area contributed by atoms with Crippen LogP contribution in [0.3, 0.4) is 0 Å². The van der Waals surface area contributed by atoms with Gasteiger partial charge in [0.05, 0.1) is 17.2 Å². The highest BCUT2D eigenvalue weighted by atomic mass is 16.4. The third-order valence-corrected chi connectivity index (χ3v) is 3.83. The molecule has 2 aromatic carbocycles. The van der Waals surface area contributed by atoms with E-state index in [1.54, 1.807) is 18.2 Å². The first-order valence-corrected chi connectivity index (χ1v) is 7.75. The number of nitrogens with zero attached hydrogens (tertiary/aromatic N) is 1. The molecule has 1 heterocycles. The summed E-state index contributed by atoms with van der Waals surface area (Å²) in [5.74, 6) is -0.578. The molecule has 0 N–H and O–H groups in total. The molecule has 1 aromatic heterocycles. The summed E-state index contributed by atoms with van der Waals surface area (Å²) in [6.07, 6.45) is 1.02. The minimum Gasteiger partial charge on any atom is -0.545 e. The van der Waals surface area contributed by atoms with Crippen LogP contribution in [0.25, 0.3) is 22.2 Å². The van der Waals surface area contributed by atoms with Gasteiger partial charge in [-0.25, -0.2) is 4.98 Å². The molecule has 3 heteroatoms. The number of pyridine rings is 1. The SMILES string of the molecule is CC(C)Cc1ccc(-c2cc(C(=O)[O-])c3ccccc3n2)cc1. The number of para-hydroxylation sites is 1. The first-order chi connectivity index (χ1) is 11.0. The van der Waals surface area contributed by atoms with Crippen molar-refractivity contribution in [2.45, 2.75) is 20.3 Å². The van der Waals surface area contributed by atoms with Crippen LogP contribution in [0.2, 0.25) is 0 Å². The Hall–Kier alpha value is -2.68. The number of carbonyl (C=O) groups is 1. The van der Waals surface area contributed by atoms with Crippen molar-refractivity contribution >= 4 is 16.9 Å². The first-order valence-electron chi connectivity index (χ1n) is 7.75. The quantitative estimate of drug-likeness (QED) is 0.741. The summed E-state index contributed by atoms with van der Waals surface area (Å²) in [6.45, 7) is 4.37. The maximum absolute atomic E-state index is 11.4. The minimum absolute atomic E-state index is 0.178. The lowest BCUT2D eigenvalue weighted by Crippen LogP contribution is -2.22. The number of carboxylic acids is 1. The highest BCUT2D eigenvalue weighted by molar-refractivity contribution is 6.02. The average Bonchev–Trinajstić information content (AvgIpc) is 2.54. The Labute approximate surface area is 135 Å². The maximum Gasteiger partial charge on any atom is 0.0722 e. The number of hydrogen-bond acceptors (Lipinski definition) is 3. The van der Waals surface area contributed by atoms with Gasteiger partial charge in [-0.15, -0.1) is 0 Å². The van der Waals surface area contributed by atoms with Crippen LogP contribution in [-0.4, -0.2) is 11.0 Å². The molecule has 3 nitrogen and oxygen atoms in total. The summed E-state index contributed by atoms with van der Waals surface area (Å²) in [4.78, 5) is 16.0. The van der Waals surface area contributed by atoms with E-state index in [2.05, 4.69) is 31.0 Å². The highest BCUT2D eigenvalue weighted by Crippen LogP contribution is 2.25. The van der Waals surface area contributed by atoms with E-state index in [1.807, 2.05) is 24.3 Å². The zero-order chi connectivity index (χ0) is 16.4. The summed E-state index contributed by atoms with van der Waals surface area (Å²) in [7, 11) is 0. The zero-order valence-corrected chi connectivity index (χ0v) is 13.2. The van der Waals surface area contributed by atoms with Gasteiger partial charge in [-0.1, -0.05) is 56.3 Å². The van der Waals surface area contributed by atoms with Crippen LogP contribution in [0.15, 0.2) is 54.6 Å². The lowest BCUT2D eigenvalue weighted by molar-refractivity contribution is -0.254. The van der Waals surface area contributed by atoms with Gasteiger partial charge < -0.3 is 9.90 Å². The minimum atomic E-state index is -1.18. The number of rotatable bonds is 4. The van der Waals surface area contributed by atoms with Crippen molar-refractivity contribution < 1.29 is 9.90 Å². The van der Waals surface area contributed by atoms with Gasteiger partial charge in [-0.2, -0.15) is 0 Å². The summed E-state index contributed by atoms with van der Waals surface area (Å²) in [5, 5.41) is 12.0. The molecule has 0 saturated carbocycles. The Bertz CT molecular complexity index is 851. The molecule has 0 amide bonds. The molecule has 0 fully saturated rings. The molecule has 0 bridgehead atoms. The number of carboxylic acid groups (broad SMARTS) is 1. The van der Waals surface area contributed by atoms with E-state index >= 15 is 0 Å². The second kappa shape index (κ2) is 6.21. The summed E-state index contributed by atoms with van der Waals surface area (Å²) < 4.78 is 0. The summed E-state index contributed by atoms with van der Waals surface area (Å²) >= 11 is 0. The second-order valence-corrected chi connectivity index (χ2v) is 6.15. The van der Waals surface area contributed by atoms with Crippen LogP contribution in [-0.2, 0) is 6.42 Å². The Balaban J connectivity index is 2.07. The largest absolute Gasteiger partial charge is 0.545 e. The molecular formula is C20H18NO2-. The van der Waals surface area contributed by atoms with Crippen LogP contribution in [0.5, 0.6) is 0 Å². The molecule has 3 aromatic rings. The van der Waals surface area contributed by atoms with Crippen LogP contribution in [0.1, 0.15) is 29.8 Å². The standard InChI is InChI=1S/C20H19NO2/c1-13(2)11-14-7-9-15(10-8-14)19-12-17(20(22)23)16-5-3-4-6-18(16)21-19/h3-10,12-13H,11H2,1-2H3,(H,22,23)/p-1. The van der Waals surface area contributed by atoms with Gasteiger partial charge in [-0.3, -0.25) is 0 Å². The molecule has 116 valence electrons. The Morgan fingerprint density at radius 3 is 2.43 bits per heavy atom. The Morgan fingerprint density at radius 1 is 1.09 bits per heavy atom. The molecule has 0 atom stereocenters. The van der Waals surface area contributed by atoms with E-state index in [9.17, 15) is 9.90 Å². The molecular weight excluding hydrogens is 286 g/mol.